The van der Waals surface area contributed by atoms with Crippen molar-refractivity contribution in [2.24, 2.45) is 0 Å². The summed E-state index contributed by atoms with van der Waals surface area (Å²) in [4.78, 5) is 26.7. The normalized spacial score (nSPS) is 24.0. The number of nitrogen functional groups attached to an aromatic ring is 1. The summed E-state index contributed by atoms with van der Waals surface area (Å²) in [5, 5.41) is 23.0. The van der Waals surface area contributed by atoms with E-state index in [1.165, 1.54) is 24.3 Å². The number of hydrogen-bond acceptors (Lipinski definition) is 9. The minimum atomic E-state index is -1.38. The molecule has 5 N–H and O–H groups in total. The van der Waals surface area contributed by atoms with Gasteiger partial charge in [-0.1, -0.05) is 0 Å². The number of aliphatic hydroxyl groups is 2. The van der Waals surface area contributed by atoms with E-state index in [0.717, 1.165) is 5.69 Å². The van der Waals surface area contributed by atoms with Gasteiger partial charge < -0.3 is 30.9 Å². The van der Waals surface area contributed by atoms with Crippen molar-refractivity contribution in [3.63, 3.8) is 0 Å². The molecule has 1 fully saturated rings. The Kier molecular flexibility index (Phi) is 4.78. The van der Waals surface area contributed by atoms with Crippen LogP contribution in [0.1, 0.15) is 6.23 Å². The lowest BCUT2D eigenvalue weighted by molar-refractivity contribution is -0.137. The summed E-state index contributed by atoms with van der Waals surface area (Å²) >= 11 is 0. The molecule has 1 aliphatic heterocycles. The highest BCUT2D eigenvalue weighted by atomic mass is 16.6. The molecule has 1 saturated heterocycles. The summed E-state index contributed by atoms with van der Waals surface area (Å²) in [7, 11) is 3.26. The van der Waals surface area contributed by atoms with Crippen molar-refractivity contribution in [3.05, 3.63) is 36.9 Å². The number of carbonyl (C=O) groups excluding carboxylic acids is 1. The van der Waals surface area contributed by atoms with E-state index in [-0.39, 0.29) is 0 Å². The molecule has 4 atom stereocenters. The predicted octanol–water partition coefficient (Wildman–Crippen LogP) is -0.458. The summed E-state index contributed by atoms with van der Waals surface area (Å²) < 4.78 is 7.09. The first kappa shape index (κ1) is 19.1. The van der Waals surface area contributed by atoms with Crippen LogP contribution in [-0.4, -0.2) is 68.0 Å². The van der Waals surface area contributed by atoms with Crippen LogP contribution in [0.5, 0.6) is 0 Å². The number of anilines is 3. The fraction of sp³-hybridized carbons (Fsp3) is 0.333. The molecule has 4 rings (SSSR count). The number of imidazole rings is 1. The molecule has 1 aliphatic rings. The van der Waals surface area contributed by atoms with Gasteiger partial charge in [0.05, 0.1) is 6.33 Å². The lowest BCUT2D eigenvalue weighted by Crippen LogP contribution is -2.41. The zero-order chi connectivity index (χ0) is 20.7. The molecular formula is C18H21N7O4. The smallest absolute Gasteiger partial charge is 0.251 e. The maximum Gasteiger partial charge on any atom is 0.251 e. The summed E-state index contributed by atoms with van der Waals surface area (Å²) in [6.07, 6.45) is -2.12. The molecule has 0 aliphatic carbocycles. The van der Waals surface area contributed by atoms with Gasteiger partial charge in [-0.15, -0.1) is 0 Å². The Hall–Kier alpha value is -3.28. The van der Waals surface area contributed by atoms with Crippen LogP contribution in [0.25, 0.3) is 11.2 Å². The molecule has 0 spiro atoms. The van der Waals surface area contributed by atoms with E-state index in [4.69, 9.17) is 10.5 Å². The second kappa shape index (κ2) is 7.28. The SMILES string of the molecule is CNC(=O)[C@H]1O[C@@H](n2cnc3c(N(C)c4ccc(N)cc4)ncnc32)[C@H](O)[C@@H]1O. The lowest BCUT2D eigenvalue weighted by atomic mass is 10.1. The van der Waals surface area contributed by atoms with Gasteiger partial charge >= 0.3 is 0 Å². The van der Waals surface area contributed by atoms with Crippen molar-refractivity contribution in [1.82, 2.24) is 24.8 Å². The van der Waals surface area contributed by atoms with Gasteiger partial charge in [0.1, 0.15) is 18.5 Å². The highest BCUT2D eigenvalue weighted by Gasteiger charge is 2.47. The van der Waals surface area contributed by atoms with Crippen LogP contribution in [0.2, 0.25) is 0 Å². The second-order valence-corrected chi connectivity index (χ2v) is 6.71. The van der Waals surface area contributed by atoms with Gasteiger partial charge in [-0.2, -0.15) is 0 Å². The first-order chi connectivity index (χ1) is 13.9. The molecule has 29 heavy (non-hydrogen) atoms. The zero-order valence-corrected chi connectivity index (χ0v) is 15.8. The molecule has 0 saturated carbocycles. The molecule has 3 heterocycles. The number of nitrogens with zero attached hydrogens (tertiary/aromatic N) is 5. The molecule has 152 valence electrons. The molecule has 0 unspecified atom stereocenters. The summed E-state index contributed by atoms with van der Waals surface area (Å²) in [5.41, 5.74) is 8.11. The van der Waals surface area contributed by atoms with Crippen molar-refractivity contribution in [2.45, 2.75) is 24.5 Å². The molecule has 0 radical (unpaired) electrons. The second-order valence-electron chi connectivity index (χ2n) is 6.71. The van der Waals surface area contributed by atoms with E-state index in [0.29, 0.717) is 22.7 Å². The van der Waals surface area contributed by atoms with E-state index >= 15 is 0 Å². The van der Waals surface area contributed by atoms with Crippen LogP contribution in [0.4, 0.5) is 17.2 Å². The molecule has 2 aromatic heterocycles. The molecule has 11 heteroatoms. The number of ether oxygens (including phenoxy) is 1. The number of rotatable bonds is 4. The number of aromatic nitrogens is 4. The standard InChI is InChI=1S/C18H21N7O4/c1-20-17(28)14-12(26)13(27)18(29-14)25-8-23-11-15(21-7-22-16(11)25)24(2)10-5-3-9(19)4-6-10/h3-8,12-14,18,26-27H,19H2,1-2H3,(H,20,28)/t12-,13+,14-,18+/m0/s1. The van der Waals surface area contributed by atoms with E-state index in [1.807, 2.05) is 24.1 Å². The molecule has 11 nitrogen and oxygen atoms in total. The maximum atomic E-state index is 11.9. The Balaban J connectivity index is 1.71. The Morgan fingerprint density at radius 2 is 1.93 bits per heavy atom. The van der Waals surface area contributed by atoms with E-state index in [2.05, 4.69) is 20.3 Å². The minimum Gasteiger partial charge on any atom is -0.399 e. The van der Waals surface area contributed by atoms with Crippen LogP contribution in [0.3, 0.4) is 0 Å². The number of hydrogen-bond donors (Lipinski definition) is 4. The first-order valence-corrected chi connectivity index (χ1v) is 8.92. The Bertz CT molecular complexity index is 1040. The van der Waals surface area contributed by atoms with Crippen molar-refractivity contribution < 1.29 is 19.7 Å². The van der Waals surface area contributed by atoms with Gasteiger partial charge in [0.2, 0.25) is 0 Å². The third-order valence-corrected chi connectivity index (χ3v) is 4.95. The molecular weight excluding hydrogens is 378 g/mol. The van der Waals surface area contributed by atoms with Gasteiger partial charge in [-0.05, 0) is 24.3 Å². The van der Waals surface area contributed by atoms with Crippen molar-refractivity contribution in [1.29, 1.82) is 0 Å². The van der Waals surface area contributed by atoms with E-state index in [1.54, 1.807) is 12.1 Å². The number of benzene rings is 1. The topological polar surface area (TPSA) is 152 Å². The monoisotopic (exact) mass is 399 g/mol. The zero-order valence-electron chi connectivity index (χ0n) is 15.8. The third-order valence-electron chi connectivity index (χ3n) is 4.95. The average Bonchev–Trinajstić information content (AvgIpc) is 3.29. The Morgan fingerprint density at radius 1 is 1.21 bits per heavy atom. The number of nitrogens with two attached hydrogens (primary N) is 1. The number of carbonyl (C=O) groups is 1. The number of amides is 1. The van der Waals surface area contributed by atoms with Crippen LogP contribution in [0.15, 0.2) is 36.9 Å². The largest absolute Gasteiger partial charge is 0.399 e. The van der Waals surface area contributed by atoms with Crippen LogP contribution in [-0.2, 0) is 9.53 Å². The molecule has 1 aromatic carbocycles. The average molecular weight is 399 g/mol. The summed E-state index contributed by atoms with van der Waals surface area (Å²) in [5.74, 6) is 0.0104. The highest BCUT2D eigenvalue weighted by Crippen LogP contribution is 2.34. The fourth-order valence-electron chi connectivity index (χ4n) is 3.34. The van der Waals surface area contributed by atoms with Crippen LogP contribution < -0.4 is 16.0 Å². The first-order valence-electron chi connectivity index (χ1n) is 8.92. The van der Waals surface area contributed by atoms with Gasteiger partial charge in [0.15, 0.2) is 29.3 Å². The summed E-state index contributed by atoms with van der Waals surface area (Å²) in [6.45, 7) is 0. The minimum absolute atomic E-state index is 0.395. The molecule has 1 amide bonds. The Morgan fingerprint density at radius 3 is 2.62 bits per heavy atom. The summed E-state index contributed by atoms with van der Waals surface area (Å²) in [6, 6.07) is 7.28. The number of fused-ring (bicyclic) bond motifs is 1. The van der Waals surface area contributed by atoms with Crippen molar-refractivity contribution >= 4 is 34.3 Å². The number of aliphatic hydroxyl groups excluding tert-OH is 2. The fourth-order valence-corrected chi connectivity index (χ4v) is 3.34. The number of nitrogens with one attached hydrogen (secondary N) is 1. The quantitative estimate of drug-likeness (QED) is 0.427. The van der Waals surface area contributed by atoms with Gasteiger partial charge in [0.25, 0.3) is 5.91 Å². The number of likely N-dealkylation sites (N-methyl/N-ethyl adjacent to an activating group) is 1. The van der Waals surface area contributed by atoms with Crippen molar-refractivity contribution in [3.8, 4) is 0 Å². The Labute approximate surface area is 165 Å². The van der Waals surface area contributed by atoms with Gasteiger partial charge in [-0.25, -0.2) is 15.0 Å². The van der Waals surface area contributed by atoms with E-state index in [9.17, 15) is 15.0 Å². The lowest BCUT2D eigenvalue weighted by Gasteiger charge is -2.19. The van der Waals surface area contributed by atoms with Gasteiger partial charge in [0, 0.05) is 25.5 Å². The molecule has 3 aromatic rings. The van der Waals surface area contributed by atoms with Crippen LogP contribution in [0, 0.1) is 0 Å². The molecule has 0 bridgehead atoms. The van der Waals surface area contributed by atoms with E-state index < -0.39 is 30.4 Å². The maximum absolute atomic E-state index is 11.9. The highest BCUT2D eigenvalue weighted by molar-refractivity contribution is 5.86. The van der Waals surface area contributed by atoms with Crippen LogP contribution >= 0.6 is 0 Å². The van der Waals surface area contributed by atoms with Crippen molar-refractivity contribution in [2.75, 3.05) is 24.7 Å². The van der Waals surface area contributed by atoms with Gasteiger partial charge in [-0.3, -0.25) is 9.36 Å². The third kappa shape index (κ3) is 3.14. The predicted molar refractivity (Wildman–Crippen MR) is 104 cm³/mol.